The predicted molar refractivity (Wildman–Crippen MR) is 142 cm³/mol. The normalized spacial score (nSPS) is 10.5. The van der Waals surface area contributed by atoms with Gasteiger partial charge in [-0.25, -0.2) is 9.59 Å². The third-order valence-corrected chi connectivity index (χ3v) is 6.15. The molecule has 0 atom stereocenters. The minimum Gasteiger partial charge on any atom is -0.497 e. The van der Waals surface area contributed by atoms with Crippen molar-refractivity contribution >= 4 is 27.9 Å². The third-order valence-electron chi connectivity index (χ3n) is 5.49. The van der Waals surface area contributed by atoms with E-state index in [1.807, 2.05) is 0 Å². The van der Waals surface area contributed by atoms with Crippen molar-refractivity contribution in [3.8, 4) is 23.0 Å². The molecular formula is C29H31BrO6. The number of hydrogen-bond acceptors (Lipinski definition) is 6. The predicted octanol–water partition coefficient (Wildman–Crippen LogP) is 7.64. The van der Waals surface area contributed by atoms with E-state index in [1.165, 1.54) is 25.7 Å². The Morgan fingerprint density at radius 3 is 1.86 bits per heavy atom. The fraction of sp³-hybridized carbons (Fsp3) is 0.310. The van der Waals surface area contributed by atoms with E-state index >= 15 is 0 Å². The molecule has 0 fully saturated rings. The summed E-state index contributed by atoms with van der Waals surface area (Å²) in [7, 11) is 1.57. The zero-order chi connectivity index (χ0) is 25.8. The molecule has 36 heavy (non-hydrogen) atoms. The second-order valence-corrected chi connectivity index (χ2v) is 9.09. The Kier molecular flexibility index (Phi) is 10.8. The number of hydrogen-bond donors (Lipinski definition) is 0. The van der Waals surface area contributed by atoms with E-state index in [0.29, 0.717) is 40.7 Å². The van der Waals surface area contributed by atoms with Crippen LogP contribution in [0.2, 0.25) is 0 Å². The summed E-state index contributed by atoms with van der Waals surface area (Å²) < 4.78 is 22.6. The van der Waals surface area contributed by atoms with Crippen LogP contribution in [-0.4, -0.2) is 25.7 Å². The first-order valence-corrected chi connectivity index (χ1v) is 12.9. The molecule has 6 nitrogen and oxygen atoms in total. The maximum Gasteiger partial charge on any atom is 0.343 e. The summed E-state index contributed by atoms with van der Waals surface area (Å²) in [6.07, 6.45) is 7.07. The Balaban J connectivity index is 1.52. The molecule has 0 aliphatic rings. The number of esters is 2. The number of halogens is 1. The first kappa shape index (κ1) is 27.3. The molecule has 3 rings (SSSR count). The summed E-state index contributed by atoms with van der Waals surface area (Å²) in [6, 6.07) is 18.0. The minimum atomic E-state index is -0.516. The summed E-state index contributed by atoms with van der Waals surface area (Å²) in [4.78, 5) is 25.1. The molecule has 3 aromatic carbocycles. The summed E-state index contributed by atoms with van der Waals surface area (Å²) in [5.74, 6) is 0.968. The first-order valence-electron chi connectivity index (χ1n) is 12.1. The van der Waals surface area contributed by atoms with Crippen molar-refractivity contribution in [2.45, 2.75) is 45.4 Å². The summed E-state index contributed by atoms with van der Waals surface area (Å²) in [6.45, 7) is 2.80. The van der Waals surface area contributed by atoms with Crippen molar-refractivity contribution in [1.29, 1.82) is 0 Å². The molecular weight excluding hydrogens is 524 g/mol. The van der Waals surface area contributed by atoms with Crippen LogP contribution >= 0.6 is 15.9 Å². The topological polar surface area (TPSA) is 71.1 Å². The van der Waals surface area contributed by atoms with Gasteiger partial charge in [0, 0.05) is 0 Å². The van der Waals surface area contributed by atoms with Gasteiger partial charge in [-0.15, -0.1) is 0 Å². The Morgan fingerprint density at radius 2 is 1.22 bits per heavy atom. The highest BCUT2D eigenvalue weighted by atomic mass is 79.9. The molecule has 0 N–H and O–H groups in total. The second kappa shape index (κ2) is 14.3. The fourth-order valence-electron chi connectivity index (χ4n) is 3.44. The lowest BCUT2D eigenvalue weighted by molar-refractivity contribution is 0.0730. The van der Waals surface area contributed by atoms with Crippen molar-refractivity contribution in [1.82, 2.24) is 0 Å². The van der Waals surface area contributed by atoms with Crippen molar-refractivity contribution in [2.24, 2.45) is 0 Å². The zero-order valence-electron chi connectivity index (χ0n) is 20.6. The Bertz CT molecular complexity index is 1130. The third kappa shape index (κ3) is 8.41. The Morgan fingerprint density at radius 1 is 0.694 bits per heavy atom. The molecule has 0 heterocycles. The van der Waals surface area contributed by atoms with Gasteiger partial charge in [-0.2, -0.15) is 0 Å². The molecule has 0 bridgehead atoms. The van der Waals surface area contributed by atoms with Gasteiger partial charge in [-0.1, -0.05) is 39.0 Å². The minimum absolute atomic E-state index is 0.318. The Labute approximate surface area is 220 Å². The van der Waals surface area contributed by atoms with Crippen molar-refractivity contribution in [3.63, 3.8) is 0 Å². The number of methoxy groups -OCH3 is 1. The van der Waals surface area contributed by atoms with Crippen LogP contribution in [0.15, 0.2) is 71.2 Å². The molecule has 0 saturated heterocycles. The van der Waals surface area contributed by atoms with E-state index in [1.54, 1.807) is 73.8 Å². The SMILES string of the molecule is CCCCCCCCOc1cc(C(=O)Oc2ccc(C(=O)Oc3ccc(OC)cc3)cc2)ccc1Br. The van der Waals surface area contributed by atoms with Crippen LogP contribution in [0.4, 0.5) is 0 Å². The summed E-state index contributed by atoms with van der Waals surface area (Å²) >= 11 is 3.47. The average molecular weight is 555 g/mol. The van der Waals surface area contributed by atoms with Crippen molar-refractivity contribution in [2.75, 3.05) is 13.7 Å². The van der Waals surface area contributed by atoms with E-state index in [-0.39, 0.29) is 0 Å². The van der Waals surface area contributed by atoms with Crippen LogP contribution in [0.1, 0.15) is 66.2 Å². The molecule has 3 aromatic rings. The van der Waals surface area contributed by atoms with E-state index < -0.39 is 11.9 Å². The van der Waals surface area contributed by atoms with Gasteiger partial charge < -0.3 is 18.9 Å². The molecule has 0 aromatic heterocycles. The highest BCUT2D eigenvalue weighted by Crippen LogP contribution is 2.27. The van der Waals surface area contributed by atoms with Crippen LogP contribution in [0.5, 0.6) is 23.0 Å². The lowest BCUT2D eigenvalue weighted by Crippen LogP contribution is -2.10. The standard InChI is InChI=1S/C29H31BrO6/c1-3-4-5-6-7-8-19-34-27-20-22(11-18-26(27)30)29(32)36-24-12-9-21(10-13-24)28(31)35-25-16-14-23(33-2)15-17-25/h9-18,20H,3-8,19H2,1-2H3. The van der Waals surface area contributed by atoms with Gasteiger partial charge in [0.1, 0.15) is 23.0 Å². The maximum atomic E-state index is 12.7. The van der Waals surface area contributed by atoms with E-state index in [4.69, 9.17) is 18.9 Å². The molecule has 0 radical (unpaired) electrons. The van der Waals surface area contributed by atoms with Gasteiger partial charge in [0.25, 0.3) is 0 Å². The van der Waals surface area contributed by atoms with Gasteiger partial charge in [-0.05, 0) is 89.1 Å². The zero-order valence-corrected chi connectivity index (χ0v) is 22.2. The highest BCUT2D eigenvalue weighted by Gasteiger charge is 2.14. The monoisotopic (exact) mass is 554 g/mol. The molecule has 0 aliphatic carbocycles. The van der Waals surface area contributed by atoms with Gasteiger partial charge in [0.2, 0.25) is 0 Å². The van der Waals surface area contributed by atoms with E-state index in [0.717, 1.165) is 17.3 Å². The molecule has 0 amide bonds. The molecule has 7 heteroatoms. The highest BCUT2D eigenvalue weighted by molar-refractivity contribution is 9.10. The van der Waals surface area contributed by atoms with Gasteiger partial charge >= 0.3 is 11.9 Å². The number of benzene rings is 3. The van der Waals surface area contributed by atoms with E-state index in [2.05, 4.69) is 22.9 Å². The molecule has 0 saturated carbocycles. The number of rotatable bonds is 13. The van der Waals surface area contributed by atoms with Gasteiger partial charge in [0.05, 0.1) is 29.3 Å². The van der Waals surface area contributed by atoms with Crippen molar-refractivity contribution < 1.29 is 28.5 Å². The van der Waals surface area contributed by atoms with Crippen LogP contribution in [-0.2, 0) is 0 Å². The van der Waals surface area contributed by atoms with Gasteiger partial charge in [0.15, 0.2) is 0 Å². The van der Waals surface area contributed by atoms with E-state index in [9.17, 15) is 9.59 Å². The van der Waals surface area contributed by atoms with Crippen LogP contribution in [0, 0.1) is 0 Å². The number of ether oxygens (including phenoxy) is 4. The largest absolute Gasteiger partial charge is 0.497 e. The molecule has 190 valence electrons. The smallest absolute Gasteiger partial charge is 0.343 e. The maximum absolute atomic E-state index is 12.7. The number of carbonyl (C=O) groups is 2. The Hall–Kier alpha value is -3.32. The van der Waals surface area contributed by atoms with Crippen LogP contribution < -0.4 is 18.9 Å². The molecule has 0 unspecified atom stereocenters. The molecule has 0 aliphatic heterocycles. The number of unbranched alkanes of at least 4 members (excludes halogenated alkanes) is 5. The van der Waals surface area contributed by atoms with Crippen molar-refractivity contribution in [3.05, 3.63) is 82.3 Å². The fourth-order valence-corrected chi connectivity index (χ4v) is 3.80. The average Bonchev–Trinajstić information content (AvgIpc) is 2.90. The summed E-state index contributed by atoms with van der Waals surface area (Å²) in [5, 5.41) is 0. The number of carbonyl (C=O) groups excluding carboxylic acids is 2. The van der Waals surface area contributed by atoms with Crippen LogP contribution in [0.25, 0.3) is 0 Å². The quantitative estimate of drug-likeness (QED) is 0.123. The first-order chi connectivity index (χ1) is 17.5. The second-order valence-electron chi connectivity index (χ2n) is 8.24. The van der Waals surface area contributed by atoms with Crippen LogP contribution in [0.3, 0.4) is 0 Å². The lowest BCUT2D eigenvalue weighted by Gasteiger charge is -2.11. The molecule has 0 spiro atoms. The lowest BCUT2D eigenvalue weighted by atomic mass is 10.1. The van der Waals surface area contributed by atoms with Gasteiger partial charge in [-0.3, -0.25) is 0 Å². The summed E-state index contributed by atoms with van der Waals surface area (Å²) in [5.41, 5.74) is 0.707.